The minimum Gasteiger partial charge on any atom is -0.385 e. The van der Waals surface area contributed by atoms with Gasteiger partial charge in [0, 0.05) is 32.9 Å². The van der Waals surface area contributed by atoms with Gasteiger partial charge in [0.25, 0.3) is 0 Å². The Morgan fingerprint density at radius 3 is 2.54 bits per heavy atom. The van der Waals surface area contributed by atoms with Crippen molar-refractivity contribution in [2.75, 3.05) is 40.5 Å². The summed E-state index contributed by atoms with van der Waals surface area (Å²) in [5, 5.41) is 0. The minimum atomic E-state index is 0.570. The molecule has 0 aromatic carbocycles. The molecule has 0 N–H and O–H groups in total. The van der Waals surface area contributed by atoms with Crippen molar-refractivity contribution in [1.82, 2.24) is 4.90 Å². The smallest absolute Gasteiger partial charge is 0.0593 e. The van der Waals surface area contributed by atoms with Gasteiger partial charge < -0.3 is 14.4 Å². The zero-order valence-electron chi connectivity index (χ0n) is 9.38. The second kappa shape index (κ2) is 8.48. The van der Waals surface area contributed by atoms with Gasteiger partial charge in [-0.15, -0.1) is 0 Å². The molecule has 0 bridgehead atoms. The number of hydrogen-bond donors (Lipinski definition) is 0. The van der Waals surface area contributed by atoms with E-state index in [-0.39, 0.29) is 0 Å². The Balaban J connectivity index is 3.38. The summed E-state index contributed by atoms with van der Waals surface area (Å²) in [5.74, 6) is 0. The van der Waals surface area contributed by atoms with Crippen molar-refractivity contribution >= 4 is 0 Å². The lowest BCUT2D eigenvalue weighted by Gasteiger charge is -2.24. The fraction of sp³-hybridized carbons (Fsp3) is 1.00. The maximum absolute atomic E-state index is 5.29. The van der Waals surface area contributed by atoms with Gasteiger partial charge in [-0.3, -0.25) is 0 Å². The van der Waals surface area contributed by atoms with Crippen LogP contribution in [0.4, 0.5) is 0 Å². The van der Waals surface area contributed by atoms with E-state index in [0.717, 1.165) is 32.8 Å². The minimum absolute atomic E-state index is 0.570. The predicted molar refractivity (Wildman–Crippen MR) is 55.1 cm³/mol. The van der Waals surface area contributed by atoms with Crippen molar-refractivity contribution in [2.45, 2.75) is 26.3 Å². The molecule has 1 atom stereocenters. The average molecular weight is 189 g/mol. The van der Waals surface area contributed by atoms with Crippen LogP contribution in [0.2, 0.25) is 0 Å². The maximum atomic E-state index is 5.29. The number of likely N-dealkylation sites (N-methyl/N-ethyl adjacent to an activating group) is 1. The Labute approximate surface area is 82.0 Å². The number of ether oxygens (including phenoxy) is 2. The molecule has 80 valence electrons. The molecule has 0 heterocycles. The van der Waals surface area contributed by atoms with E-state index < -0.39 is 0 Å². The van der Waals surface area contributed by atoms with Crippen LogP contribution in [0, 0.1) is 0 Å². The van der Waals surface area contributed by atoms with Crippen molar-refractivity contribution in [1.29, 1.82) is 0 Å². The van der Waals surface area contributed by atoms with Gasteiger partial charge in [0.15, 0.2) is 0 Å². The van der Waals surface area contributed by atoms with Crippen LogP contribution in [0.3, 0.4) is 0 Å². The Morgan fingerprint density at radius 1 is 1.31 bits per heavy atom. The lowest BCUT2D eigenvalue weighted by molar-refractivity contribution is 0.0982. The first-order chi connectivity index (χ1) is 6.22. The van der Waals surface area contributed by atoms with Gasteiger partial charge in [-0.2, -0.15) is 0 Å². The molecular weight excluding hydrogens is 166 g/mol. The third-order valence-electron chi connectivity index (χ3n) is 2.28. The lowest BCUT2D eigenvalue weighted by Crippen LogP contribution is -2.33. The number of hydrogen-bond acceptors (Lipinski definition) is 3. The van der Waals surface area contributed by atoms with Crippen LogP contribution in [0.25, 0.3) is 0 Å². The normalized spacial score (nSPS) is 13.6. The predicted octanol–water partition coefficient (Wildman–Crippen LogP) is 1.38. The summed E-state index contributed by atoms with van der Waals surface area (Å²) in [6.45, 7) is 7.70. The van der Waals surface area contributed by atoms with E-state index in [9.17, 15) is 0 Å². The van der Waals surface area contributed by atoms with Crippen molar-refractivity contribution in [3.05, 3.63) is 0 Å². The molecule has 13 heavy (non-hydrogen) atoms. The summed E-state index contributed by atoms with van der Waals surface area (Å²) >= 11 is 0. The first kappa shape index (κ1) is 12.9. The van der Waals surface area contributed by atoms with E-state index in [0.29, 0.717) is 6.04 Å². The second-order valence-corrected chi connectivity index (χ2v) is 3.31. The monoisotopic (exact) mass is 189 g/mol. The molecule has 0 radical (unpaired) electrons. The first-order valence-corrected chi connectivity index (χ1v) is 4.99. The average Bonchev–Trinajstić information content (AvgIpc) is 2.14. The summed E-state index contributed by atoms with van der Waals surface area (Å²) in [7, 11) is 3.87. The Kier molecular flexibility index (Phi) is 8.40. The van der Waals surface area contributed by atoms with Crippen LogP contribution >= 0.6 is 0 Å². The second-order valence-electron chi connectivity index (χ2n) is 3.31. The van der Waals surface area contributed by atoms with Gasteiger partial charge in [0.05, 0.1) is 6.61 Å². The van der Waals surface area contributed by atoms with E-state index in [4.69, 9.17) is 9.47 Å². The van der Waals surface area contributed by atoms with E-state index in [2.05, 4.69) is 18.9 Å². The molecule has 0 rings (SSSR count). The number of rotatable bonds is 8. The highest BCUT2D eigenvalue weighted by atomic mass is 16.5. The van der Waals surface area contributed by atoms with Crippen molar-refractivity contribution in [3.63, 3.8) is 0 Å². The number of methoxy groups -OCH3 is 1. The van der Waals surface area contributed by atoms with Crippen molar-refractivity contribution < 1.29 is 9.47 Å². The molecule has 0 aliphatic carbocycles. The topological polar surface area (TPSA) is 21.7 Å². The van der Waals surface area contributed by atoms with Gasteiger partial charge >= 0.3 is 0 Å². The fourth-order valence-corrected chi connectivity index (χ4v) is 1.08. The highest BCUT2D eigenvalue weighted by molar-refractivity contribution is 4.62. The van der Waals surface area contributed by atoms with E-state index in [1.165, 1.54) is 0 Å². The largest absolute Gasteiger partial charge is 0.385 e. The van der Waals surface area contributed by atoms with Crippen LogP contribution in [-0.2, 0) is 9.47 Å². The highest BCUT2D eigenvalue weighted by Gasteiger charge is 2.07. The third-order valence-corrected chi connectivity index (χ3v) is 2.28. The molecule has 0 amide bonds. The Morgan fingerprint density at radius 2 is 2.00 bits per heavy atom. The molecule has 0 fully saturated rings. The molecular formula is C10H23NO2. The molecule has 1 unspecified atom stereocenters. The quantitative estimate of drug-likeness (QED) is 0.538. The molecule has 3 nitrogen and oxygen atoms in total. The van der Waals surface area contributed by atoms with Gasteiger partial charge in [0.2, 0.25) is 0 Å². The molecule has 0 saturated heterocycles. The highest BCUT2D eigenvalue weighted by Crippen LogP contribution is 2.00. The molecule has 0 aliphatic heterocycles. The summed E-state index contributed by atoms with van der Waals surface area (Å²) in [5.41, 5.74) is 0. The van der Waals surface area contributed by atoms with E-state index >= 15 is 0 Å². The molecule has 0 spiro atoms. The zero-order chi connectivity index (χ0) is 10.1. The van der Waals surface area contributed by atoms with Crippen LogP contribution in [-0.4, -0.2) is 51.5 Å². The van der Waals surface area contributed by atoms with E-state index in [1.807, 2.05) is 6.92 Å². The summed E-state index contributed by atoms with van der Waals surface area (Å²) in [4.78, 5) is 2.30. The molecule has 0 aliphatic rings. The van der Waals surface area contributed by atoms with Gasteiger partial charge in [0.1, 0.15) is 0 Å². The lowest BCUT2D eigenvalue weighted by atomic mass is 10.2. The Hall–Kier alpha value is -0.120. The summed E-state index contributed by atoms with van der Waals surface area (Å²) in [6, 6.07) is 0.570. The maximum Gasteiger partial charge on any atom is 0.0593 e. The van der Waals surface area contributed by atoms with Gasteiger partial charge in [-0.25, -0.2) is 0 Å². The van der Waals surface area contributed by atoms with Crippen LogP contribution in [0.5, 0.6) is 0 Å². The molecule has 0 aromatic rings. The van der Waals surface area contributed by atoms with Crippen LogP contribution in [0.1, 0.15) is 20.3 Å². The number of nitrogens with zero attached hydrogens (tertiary/aromatic N) is 1. The SMILES string of the molecule is CCOCCN(C)C(C)CCOC. The van der Waals surface area contributed by atoms with E-state index in [1.54, 1.807) is 7.11 Å². The van der Waals surface area contributed by atoms with Gasteiger partial charge in [-0.1, -0.05) is 0 Å². The fourth-order valence-electron chi connectivity index (χ4n) is 1.08. The summed E-state index contributed by atoms with van der Waals surface area (Å²) < 4.78 is 10.3. The molecule has 0 aromatic heterocycles. The third kappa shape index (κ3) is 6.99. The standard InChI is InChI=1S/C10H23NO2/c1-5-13-9-7-11(3)10(2)6-8-12-4/h10H,5-9H2,1-4H3. The van der Waals surface area contributed by atoms with Crippen LogP contribution < -0.4 is 0 Å². The van der Waals surface area contributed by atoms with Crippen molar-refractivity contribution in [3.8, 4) is 0 Å². The first-order valence-electron chi connectivity index (χ1n) is 4.99. The summed E-state index contributed by atoms with van der Waals surface area (Å²) in [6.07, 6.45) is 1.08. The molecule has 3 heteroatoms. The zero-order valence-corrected chi connectivity index (χ0v) is 9.38. The van der Waals surface area contributed by atoms with Gasteiger partial charge in [-0.05, 0) is 27.3 Å². The molecule has 0 saturated carbocycles. The van der Waals surface area contributed by atoms with Crippen molar-refractivity contribution in [2.24, 2.45) is 0 Å². The Bertz CT molecular complexity index is 109. The van der Waals surface area contributed by atoms with Crippen LogP contribution in [0.15, 0.2) is 0 Å².